The van der Waals surface area contributed by atoms with E-state index in [0.717, 1.165) is 17.8 Å². The second kappa shape index (κ2) is 10.8. The number of thiazole rings is 1. The summed E-state index contributed by atoms with van der Waals surface area (Å²) < 4.78 is 27.4. The van der Waals surface area contributed by atoms with Gasteiger partial charge in [0.2, 0.25) is 0 Å². The molecule has 4 rings (SSSR count). The van der Waals surface area contributed by atoms with Crippen molar-refractivity contribution in [3.63, 3.8) is 0 Å². The summed E-state index contributed by atoms with van der Waals surface area (Å²) in [6.07, 6.45) is 1.94. The van der Waals surface area contributed by atoms with Crippen LogP contribution in [0.15, 0.2) is 63.5 Å². The van der Waals surface area contributed by atoms with Gasteiger partial charge in [-0.25, -0.2) is 14.2 Å². The molecule has 3 aromatic rings. The molecule has 1 aromatic heterocycles. The summed E-state index contributed by atoms with van der Waals surface area (Å²) >= 11 is 7.30. The number of hydrogen-bond acceptors (Lipinski definition) is 6. The fourth-order valence-electron chi connectivity index (χ4n) is 3.92. The van der Waals surface area contributed by atoms with Gasteiger partial charge in [-0.2, -0.15) is 0 Å². The number of ether oxygens (including phenoxy) is 2. The molecule has 1 aliphatic heterocycles. The lowest BCUT2D eigenvalue weighted by Crippen LogP contribution is -2.40. The Bertz CT molecular complexity index is 1490. The third kappa shape index (κ3) is 5.15. The van der Waals surface area contributed by atoms with E-state index in [2.05, 4.69) is 4.99 Å². The van der Waals surface area contributed by atoms with E-state index in [1.165, 1.54) is 22.8 Å². The highest BCUT2D eigenvalue weighted by molar-refractivity contribution is 7.07. The van der Waals surface area contributed by atoms with E-state index >= 15 is 0 Å². The van der Waals surface area contributed by atoms with Crippen LogP contribution in [-0.4, -0.2) is 23.2 Å². The molecule has 0 spiro atoms. The summed E-state index contributed by atoms with van der Waals surface area (Å²) in [6, 6.07) is 10.8. The Morgan fingerprint density at radius 2 is 1.97 bits per heavy atom. The zero-order valence-electron chi connectivity index (χ0n) is 20.4. The number of fused-ring (bicyclic) bond motifs is 1. The number of aromatic nitrogens is 1. The lowest BCUT2D eigenvalue weighted by molar-refractivity contribution is -0.143. The van der Waals surface area contributed by atoms with Crippen LogP contribution in [0.5, 0.6) is 5.75 Å². The molecule has 188 valence electrons. The minimum absolute atomic E-state index is 0.119. The summed E-state index contributed by atoms with van der Waals surface area (Å²) in [5.74, 6) is -0.395. The van der Waals surface area contributed by atoms with Gasteiger partial charge in [0.05, 0.1) is 39.6 Å². The fraction of sp³-hybridized carbons (Fsp3) is 0.296. The average molecular weight is 529 g/mol. The highest BCUT2D eigenvalue weighted by Gasteiger charge is 2.33. The zero-order chi connectivity index (χ0) is 26.0. The van der Waals surface area contributed by atoms with Gasteiger partial charge >= 0.3 is 5.97 Å². The van der Waals surface area contributed by atoms with Crippen molar-refractivity contribution >= 4 is 35.0 Å². The Morgan fingerprint density at radius 1 is 1.25 bits per heavy atom. The molecule has 0 amide bonds. The van der Waals surface area contributed by atoms with Crippen LogP contribution in [0.25, 0.3) is 6.08 Å². The molecule has 2 aromatic carbocycles. The topological polar surface area (TPSA) is 69.9 Å². The third-order valence-corrected chi connectivity index (χ3v) is 6.84. The van der Waals surface area contributed by atoms with Crippen molar-refractivity contribution in [3.8, 4) is 5.75 Å². The predicted octanol–water partition coefficient (Wildman–Crippen LogP) is 4.77. The van der Waals surface area contributed by atoms with Gasteiger partial charge in [-0.1, -0.05) is 48.1 Å². The number of benzene rings is 2. The Kier molecular flexibility index (Phi) is 7.76. The van der Waals surface area contributed by atoms with Gasteiger partial charge in [-0.05, 0) is 63.1 Å². The number of carbonyl (C=O) groups excluding carboxylic acids is 1. The quantitative estimate of drug-likeness (QED) is 0.414. The molecule has 1 aliphatic rings. The van der Waals surface area contributed by atoms with Crippen molar-refractivity contribution in [1.82, 2.24) is 4.57 Å². The monoisotopic (exact) mass is 528 g/mol. The Morgan fingerprint density at radius 3 is 2.61 bits per heavy atom. The first-order chi connectivity index (χ1) is 17.2. The molecule has 6 nitrogen and oxygen atoms in total. The molecule has 2 heterocycles. The smallest absolute Gasteiger partial charge is 0.338 e. The molecule has 0 radical (unpaired) electrons. The highest BCUT2D eigenvalue weighted by Crippen LogP contribution is 2.32. The standard InChI is InChI=1S/C27H26ClFN2O4S/c1-5-13-34-18-11-9-17(10-12-18)24-23(26(33)35-15(2)3)16(4)30-27-31(24)25(32)22(36-27)14-19-20(28)7-6-8-21(19)29/h6-12,14-15,24H,5,13H2,1-4H3/b22-14-. The van der Waals surface area contributed by atoms with Crippen molar-refractivity contribution in [2.45, 2.75) is 46.3 Å². The Labute approximate surface area is 217 Å². The summed E-state index contributed by atoms with van der Waals surface area (Å²) in [7, 11) is 0. The molecule has 1 unspecified atom stereocenters. The fourth-order valence-corrected chi connectivity index (χ4v) is 5.17. The van der Waals surface area contributed by atoms with Gasteiger partial charge < -0.3 is 9.47 Å². The van der Waals surface area contributed by atoms with E-state index in [4.69, 9.17) is 21.1 Å². The van der Waals surface area contributed by atoms with Gasteiger partial charge in [-0.15, -0.1) is 0 Å². The summed E-state index contributed by atoms with van der Waals surface area (Å²) in [6.45, 7) is 7.84. The number of nitrogens with zero attached hydrogens (tertiary/aromatic N) is 2. The van der Waals surface area contributed by atoms with E-state index in [0.29, 0.717) is 28.4 Å². The highest BCUT2D eigenvalue weighted by atomic mass is 35.5. The maximum atomic E-state index is 14.4. The third-order valence-electron chi connectivity index (χ3n) is 5.53. The number of halogens is 2. The molecule has 0 fully saturated rings. The van der Waals surface area contributed by atoms with E-state index in [-0.39, 0.29) is 26.8 Å². The second-order valence-electron chi connectivity index (χ2n) is 8.59. The van der Waals surface area contributed by atoms with Gasteiger partial charge in [0, 0.05) is 5.56 Å². The number of hydrogen-bond donors (Lipinski definition) is 0. The minimum atomic E-state index is -0.772. The molecule has 0 aliphatic carbocycles. The summed E-state index contributed by atoms with van der Waals surface area (Å²) in [5, 5.41) is 0.192. The van der Waals surface area contributed by atoms with Crippen LogP contribution in [0.1, 0.15) is 51.3 Å². The van der Waals surface area contributed by atoms with E-state index in [1.54, 1.807) is 39.0 Å². The van der Waals surface area contributed by atoms with Crippen molar-refractivity contribution in [2.75, 3.05) is 6.61 Å². The van der Waals surface area contributed by atoms with E-state index in [9.17, 15) is 14.0 Å². The number of esters is 1. The first-order valence-electron chi connectivity index (χ1n) is 11.6. The zero-order valence-corrected chi connectivity index (χ0v) is 22.0. The van der Waals surface area contributed by atoms with Gasteiger partial charge in [-0.3, -0.25) is 9.36 Å². The van der Waals surface area contributed by atoms with Crippen LogP contribution < -0.4 is 19.6 Å². The Hall–Kier alpha value is -3.23. The average Bonchev–Trinajstić information content (AvgIpc) is 3.13. The SMILES string of the molecule is CCCOc1ccc(C2C(C(=O)OC(C)C)=C(C)N=c3s/c(=C\c4c(F)cccc4Cl)c(=O)n32)cc1. The van der Waals surface area contributed by atoms with E-state index in [1.807, 2.05) is 19.1 Å². The lowest BCUT2D eigenvalue weighted by atomic mass is 9.96. The molecule has 0 bridgehead atoms. The van der Waals surface area contributed by atoms with Crippen LogP contribution in [-0.2, 0) is 9.53 Å². The van der Waals surface area contributed by atoms with Gasteiger partial charge in [0.15, 0.2) is 4.80 Å². The van der Waals surface area contributed by atoms with E-state index < -0.39 is 23.4 Å². The van der Waals surface area contributed by atoms with Crippen LogP contribution in [0.2, 0.25) is 5.02 Å². The van der Waals surface area contributed by atoms with Gasteiger partial charge in [0.25, 0.3) is 5.56 Å². The second-order valence-corrected chi connectivity index (χ2v) is 10.0. The van der Waals surface area contributed by atoms with Crippen LogP contribution in [0.4, 0.5) is 4.39 Å². The molecule has 0 saturated carbocycles. The number of rotatable bonds is 7. The Balaban J connectivity index is 1.91. The molecule has 1 atom stereocenters. The first-order valence-corrected chi connectivity index (χ1v) is 12.8. The van der Waals surface area contributed by atoms with Crippen LogP contribution >= 0.6 is 22.9 Å². The molecule has 9 heteroatoms. The minimum Gasteiger partial charge on any atom is -0.494 e. The van der Waals surface area contributed by atoms with Crippen molar-refractivity contribution in [1.29, 1.82) is 0 Å². The predicted molar refractivity (Wildman–Crippen MR) is 139 cm³/mol. The van der Waals surface area contributed by atoms with Crippen molar-refractivity contribution < 1.29 is 18.7 Å². The first kappa shape index (κ1) is 25.9. The molecule has 0 saturated heterocycles. The summed E-state index contributed by atoms with van der Waals surface area (Å²) in [4.78, 5) is 31.8. The molecule has 36 heavy (non-hydrogen) atoms. The number of allylic oxidation sites excluding steroid dienone is 1. The van der Waals surface area contributed by atoms with Crippen molar-refractivity contribution in [3.05, 3.63) is 95.4 Å². The maximum absolute atomic E-state index is 14.4. The molecular weight excluding hydrogens is 503 g/mol. The van der Waals surface area contributed by atoms with Gasteiger partial charge in [0.1, 0.15) is 11.6 Å². The normalized spacial score (nSPS) is 15.6. The van der Waals surface area contributed by atoms with Crippen molar-refractivity contribution in [2.24, 2.45) is 4.99 Å². The lowest BCUT2D eigenvalue weighted by Gasteiger charge is -2.25. The summed E-state index contributed by atoms with van der Waals surface area (Å²) in [5.41, 5.74) is 1.13. The van der Waals surface area contributed by atoms with Crippen LogP contribution in [0, 0.1) is 5.82 Å². The van der Waals surface area contributed by atoms with Crippen LogP contribution in [0.3, 0.4) is 0 Å². The molecular formula is C27H26ClFN2O4S. The maximum Gasteiger partial charge on any atom is 0.338 e. The largest absolute Gasteiger partial charge is 0.494 e. The molecule has 0 N–H and O–H groups in total. The number of carbonyl (C=O) groups is 1.